The molecule has 0 spiro atoms. The van der Waals surface area contributed by atoms with E-state index in [1.54, 1.807) is 0 Å². The number of benzene rings is 1. The molecule has 0 radical (unpaired) electrons. The molecule has 0 saturated carbocycles. The Labute approximate surface area is 164 Å². The van der Waals surface area contributed by atoms with Gasteiger partial charge in [-0.2, -0.15) is 0 Å². The molecular formula is C26H30O. The van der Waals surface area contributed by atoms with Crippen LogP contribution in [0.1, 0.15) is 61.5 Å². The van der Waals surface area contributed by atoms with E-state index in [0.29, 0.717) is 0 Å². The minimum Gasteiger partial charge on any atom is -0.289 e. The van der Waals surface area contributed by atoms with Gasteiger partial charge in [0, 0.05) is 17.1 Å². The summed E-state index contributed by atoms with van der Waals surface area (Å²) in [5, 5.41) is 0. The van der Waals surface area contributed by atoms with E-state index in [-0.39, 0.29) is 11.7 Å². The molecule has 2 rings (SSSR count). The molecule has 0 amide bonds. The number of aryl methyl sites for hydroxylation is 1. The van der Waals surface area contributed by atoms with Gasteiger partial charge in [0.2, 0.25) is 0 Å². The Balaban J connectivity index is 2.40. The zero-order valence-electron chi connectivity index (χ0n) is 17.2. The predicted octanol–water partition coefficient (Wildman–Crippen LogP) is 7.19. The molecular weight excluding hydrogens is 328 g/mol. The van der Waals surface area contributed by atoms with Crippen LogP contribution in [0.15, 0.2) is 89.6 Å². The van der Waals surface area contributed by atoms with Crippen molar-refractivity contribution in [2.75, 3.05) is 0 Å². The fraction of sp³-hybridized carbons (Fsp3) is 0.269. The Morgan fingerprint density at radius 1 is 1.22 bits per heavy atom. The predicted molar refractivity (Wildman–Crippen MR) is 117 cm³/mol. The van der Waals surface area contributed by atoms with Gasteiger partial charge < -0.3 is 0 Å². The van der Waals surface area contributed by atoms with E-state index in [4.69, 9.17) is 0 Å². The molecule has 1 unspecified atom stereocenters. The first-order valence-electron chi connectivity index (χ1n) is 9.54. The van der Waals surface area contributed by atoms with Crippen LogP contribution >= 0.6 is 0 Å². The van der Waals surface area contributed by atoms with E-state index in [1.807, 2.05) is 49.4 Å². The number of carbonyl (C=O) groups is 1. The molecule has 0 bridgehead atoms. The molecule has 140 valence electrons. The zero-order chi connectivity index (χ0) is 20.0. The number of allylic oxidation sites excluding steroid dienone is 11. The number of hydrogen-bond acceptors (Lipinski definition) is 1. The second kappa shape index (κ2) is 9.32. The van der Waals surface area contributed by atoms with Gasteiger partial charge in [-0.1, -0.05) is 73.7 Å². The first-order chi connectivity index (χ1) is 12.8. The van der Waals surface area contributed by atoms with Gasteiger partial charge in [0.15, 0.2) is 5.78 Å². The first kappa shape index (κ1) is 20.6. The lowest BCUT2D eigenvalue weighted by Gasteiger charge is -2.17. The van der Waals surface area contributed by atoms with Gasteiger partial charge in [0.1, 0.15) is 0 Å². The van der Waals surface area contributed by atoms with Crippen molar-refractivity contribution in [2.45, 2.75) is 47.0 Å². The molecule has 0 aromatic heterocycles. The van der Waals surface area contributed by atoms with Crippen LogP contribution in [0.25, 0.3) is 0 Å². The molecule has 0 N–H and O–H groups in total. The largest absolute Gasteiger partial charge is 0.289 e. The van der Waals surface area contributed by atoms with Gasteiger partial charge >= 0.3 is 0 Å². The average Bonchev–Trinajstić information content (AvgIpc) is 2.91. The number of carbonyl (C=O) groups excluding carboxylic acids is 1. The molecule has 1 aliphatic carbocycles. The summed E-state index contributed by atoms with van der Waals surface area (Å²) in [4.78, 5) is 13.2. The zero-order valence-corrected chi connectivity index (χ0v) is 17.2. The fourth-order valence-electron chi connectivity index (χ4n) is 3.29. The van der Waals surface area contributed by atoms with Crippen LogP contribution < -0.4 is 0 Å². The Bertz CT molecular complexity index is 881. The van der Waals surface area contributed by atoms with Crippen LogP contribution in [0, 0.1) is 6.92 Å². The lowest BCUT2D eigenvalue weighted by Crippen LogP contribution is -2.08. The minimum absolute atomic E-state index is 0.0602. The first-order valence-corrected chi connectivity index (χ1v) is 9.54. The van der Waals surface area contributed by atoms with E-state index in [0.717, 1.165) is 34.3 Å². The maximum atomic E-state index is 13.2. The molecule has 0 aliphatic heterocycles. The van der Waals surface area contributed by atoms with Crippen LogP contribution in [0.2, 0.25) is 0 Å². The highest BCUT2D eigenvalue weighted by atomic mass is 16.1. The summed E-state index contributed by atoms with van der Waals surface area (Å²) in [6.07, 6.45) is 15.1. The maximum absolute atomic E-state index is 13.2. The van der Waals surface area contributed by atoms with Crippen molar-refractivity contribution in [3.63, 3.8) is 0 Å². The van der Waals surface area contributed by atoms with Crippen LogP contribution in [0.4, 0.5) is 0 Å². The molecule has 27 heavy (non-hydrogen) atoms. The average molecular weight is 359 g/mol. The number of Topliss-reactive ketones (excluding diaryl/α,β-unsaturated/α-hetero) is 1. The van der Waals surface area contributed by atoms with Crippen LogP contribution in [0.5, 0.6) is 0 Å². The Morgan fingerprint density at radius 2 is 1.96 bits per heavy atom. The minimum atomic E-state index is 0.0602. The SMILES string of the molecule is C=C(C=C(C)C)C(C)c1cc(C(=O)C(=CC)C2=CC=CCC=C2)ccc1C. The third-order valence-corrected chi connectivity index (χ3v) is 4.86. The quantitative estimate of drug-likeness (QED) is 0.299. The fourth-order valence-corrected chi connectivity index (χ4v) is 3.29. The van der Waals surface area contributed by atoms with Crippen molar-refractivity contribution in [2.24, 2.45) is 0 Å². The molecule has 1 aromatic rings. The number of hydrogen-bond donors (Lipinski definition) is 0. The van der Waals surface area contributed by atoms with E-state index < -0.39 is 0 Å². The summed E-state index contributed by atoms with van der Waals surface area (Å²) in [6, 6.07) is 6.00. The second-order valence-corrected chi connectivity index (χ2v) is 7.31. The second-order valence-electron chi connectivity index (χ2n) is 7.31. The number of rotatable bonds is 6. The summed E-state index contributed by atoms with van der Waals surface area (Å²) < 4.78 is 0. The smallest absolute Gasteiger partial charge is 0.193 e. The van der Waals surface area contributed by atoms with Gasteiger partial charge in [-0.25, -0.2) is 0 Å². The highest BCUT2D eigenvalue weighted by Crippen LogP contribution is 2.29. The molecule has 1 aromatic carbocycles. The van der Waals surface area contributed by atoms with Crippen LogP contribution in [0.3, 0.4) is 0 Å². The molecule has 1 nitrogen and oxygen atoms in total. The maximum Gasteiger partial charge on any atom is 0.193 e. The normalized spacial score (nSPS) is 15.0. The van der Waals surface area contributed by atoms with Crippen molar-refractivity contribution in [1.29, 1.82) is 0 Å². The van der Waals surface area contributed by atoms with Crippen molar-refractivity contribution in [3.05, 3.63) is 106 Å². The Hall–Kier alpha value is -2.67. The highest BCUT2D eigenvalue weighted by Gasteiger charge is 2.18. The molecule has 1 aliphatic rings. The lowest BCUT2D eigenvalue weighted by molar-refractivity contribution is 0.103. The molecule has 0 heterocycles. The standard InChI is InChI=1S/C26H30O/c1-7-24(22-12-10-8-9-11-13-22)26(27)23-15-14-19(4)25(17-23)21(6)20(5)16-18(2)3/h7-8,10-17,21H,5,9H2,1-4,6H3. The summed E-state index contributed by atoms with van der Waals surface area (Å²) in [5.74, 6) is 0.228. The van der Waals surface area contributed by atoms with Gasteiger partial charge in [0.25, 0.3) is 0 Å². The summed E-state index contributed by atoms with van der Waals surface area (Å²) in [6.45, 7) is 14.5. The third kappa shape index (κ3) is 5.17. The summed E-state index contributed by atoms with van der Waals surface area (Å²) in [7, 11) is 0. The van der Waals surface area contributed by atoms with Crippen molar-refractivity contribution < 1.29 is 4.79 Å². The van der Waals surface area contributed by atoms with Gasteiger partial charge in [-0.15, -0.1) is 0 Å². The monoisotopic (exact) mass is 358 g/mol. The molecule has 0 saturated heterocycles. The van der Waals surface area contributed by atoms with Crippen LogP contribution in [-0.2, 0) is 0 Å². The Morgan fingerprint density at radius 3 is 2.63 bits per heavy atom. The van der Waals surface area contributed by atoms with Gasteiger partial charge in [-0.3, -0.25) is 4.79 Å². The van der Waals surface area contributed by atoms with E-state index in [2.05, 4.69) is 52.5 Å². The topological polar surface area (TPSA) is 17.1 Å². The van der Waals surface area contributed by atoms with E-state index in [9.17, 15) is 4.79 Å². The number of ketones is 1. The lowest BCUT2D eigenvalue weighted by atomic mass is 9.86. The Kier molecular flexibility index (Phi) is 7.12. The van der Waals surface area contributed by atoms with Crippen molar-refractivity contribution >= 4 is 5.78 Å². The van der Waals surface area contributed by atoms with Gasteiger partial charge in [-0.05, 0) is 62.5 Å². The molecule has 1 atom stereocenters. The van der Waals surface area contributed by atoms with Crippen LogP contribution in [-0.4, -0.2) is 5.78 Å². The molecule has 1 heteroatoms. The van der Waals surface area contributed by atoms with Gasteiger partial charge in [0.05, 0.1) is 0 Å². The highest BCUT2D eigenvalue weighted by molar-refractivity contribution is 6.12. The van der Waals surface area contributed by atoms with Crippen molar-refractivity contribution in [1.82, 2.24) is 0 Å². The third-order valence-electron chi connectivity index (χ3n) is 4.86. The summed E-state index contributed by atoms with van der Waals surface area (Å²) in [5.41, 5.74) is 7.05. The van der Waals surface area contributed by atoms with Crippen molar-refractivity contribution in [3.8, 4) is 0 Å². The summed E-state index contributed by atoms with van der Waals surface area (Å²) >= 11 is 0. The molecule has 0 fully saturated rings. The van der Waals surface area contributed by atoms with E-state index >= 15 is 0 Å². The van der Waals surface area contributed by atoms with E-state index in [1.165, 1.54) is 11.1 Å².